The van der Waals surface area contributed by atoms with E-state index in [0.717, 1.165) is 41.8 Å². The van der Waals surface area contributed by atoms with Crippen LogP contribution in [0, 0.1) is 11.3 Å². The Balaban J connectivity index is 1.40. The van der Waals surface area contributed by atoms with Gasteiger partial charge >= 0.3 is 23.5 Å². The molecule has 0 saturated carbocycles. The Labute approximate surface area is 356 Å². The third-order valence-corrected chi connectivity index (χ3v) is 13.4. The van der Waals surface area contributed by atoms with Gasteiger partial charge in [0.1, 0.15) is 36.3 Å². The van der Waals surface area contributed by atoms with Crippen molar-refractivity contribution in [2.24, 2.45) is 11.3 Å². The van der Waals surface area contributed by atoms with Gasteiger partial charge in [-0.25, -0.2) is 28.6 Å². The van der Waals surface area contributed by atoms with Crippen LogP contribution in [0.4, 0.5) is 5.82 Å². The molecule has 2 amide bonds. The molecule has 3 heterocycles. The van der Waals surface area contributed by atoms with Gasteiger partial charge in [0.2, 0.25) is 11.8 Å². The van der Waals surface area contributed by atoms with E-state index >= 15 is 0 Å². The zero-order valence-electron chi connectivity index (χ0n) is 34.3. The van der Waals surface area contributed by atoms with Gasteiger partial charge in [0, 0.05) is 37.1 Å². The number of hydrogen-bond donors (Lipinski definition) is 9. The summed E-state index contributed by atoms with van der Waals surface area (Å²) in [6.07, 6.45) is 1.47. The Morgan fingerprint density at radius 1 is 0.984 bits per heavy atom. The summed E-state index contributed by atoms with van der Waals surface area (Å²) in [5.74, 6) is -0.451. The Hall–Kier alpha value is -2.44. The van der Waals surface area contributed by atoms with Crippen molar-refractivity contribution in [1.29, 1.82) is 0 Å². The molecule has 8 unspecified atom stereocenters. The number of amides is 2. The maximum Gasteiger partial charge on any atom is 0.481 e. The first kappa shape index (κ1) is 52.9. The molecule has 2 aromatic heterocycles. The zero-order valence-corrected chi connectivity index (χ0v) is 37.8. The first-order valence-corrected chi connectivity index (χ1v) is 25.0. The predicted octanol–water partition coefficient (Wildman–Crippen LogP) is 2.44. The molecule has 28 heteroatoms. The van der Waals surface area contributed by atoms with Gasteiger partial charge in [0.05, 0.1) is 19.5 Å². The number of rotatable bonds is 28. The molecule has 2 aromatic rings. The molecule has 1 saturated heterocycles. The molecule has 0 spiro atoms. The minimum absolute atomic E-state index is 0.0329. The fraction of sp³-hybridized carbons (Fsp3) is 0.758. The topological polar surface area (TPSA) is 364 Å². The third-order valence-electron chi connectivity index (χ3n) is 9.39. The number of phosphoric ester groups is 3. The second-order valence-corrected chi connectivity index (χ2v) is 20.5. The molecule has 0 radical (unpaired) electrons. The first-order valence-electron chi connectivity index (χ1n) is 19.5. The fourth-order valence-corrected chi connectivity index (χ4v) is 9.58. The monoisotopic (exact) mass is 949 g/mol. The van der Waals surface area contributed by atoms with Crippen molar-refractivity contribution in [2.45, 2.75) is 116 Å². The van der Waals surface area contributed by atoms with Gasteiger partial charge < -0.3 is 50.9 Å². The van der Waals surface area contributed by atoms with E-state index in [1.165, 1.54) is 46.0 Å². The van der Waals surface area contributed by atoms with Crippen LogP contribution < -0.4 is 16.4 Å². The van der Waals surface area contributed by atoms with Gasteiger partial charge in [-0.1, -0.05) is 78.0 Å². The molecule has 3 rings (SSSR count). The number of hydrogen-bond acceptors (Lipinski definition) is 18. The molecule has 0 bridgehead atoms. The standard InChI is InChI=1S/C33H58N7O17P3S/c1-5-6-7-8-10-21(2)11-9-12-24(42)61-16-15-35-23(41)13-14-36-31(45)28(44)33(3,4)18-54-60(51,52)57-59(49,50)53-17-22-27(56-58(46,47)48)26(43)32(55-22)40-20-39-25-29(34)37-19-38-30(25)40/h19-22,26-28,32,43-44H,5-18H2,1-4H3,(H,35,41)(H,36,45)(H,49,50)(H,51,52)(H2,34,37,38)(H2,46,47,48). The molecular formula is C33H58N7O17P3S. The number of aromatic nitrogens is 4. The molecule has 8 atom stereocenters. The quantitative estimate of drug-likeness (QED) is 0.0437. The summed E-state index contributed by atoms with van der Waals surface area (Å²) in [7, 11) is -16.4. The summed E-state index contributed by atoms with van der Waals surface area (Å²) in [4.78, 5) is 88.1. The van der Waals surface area contributed by atoms with Gasteiger partial charge in [0.15, 0.2) is 22.8 Å². The molecule has 61 heavy (non-hydrogen) atoms. The second kappa shape index (κ2) is 24.0. The maximum absolute atomic E-state index is 12.7. The number of nitrogens with one attached hydrogen (secondary N) is 2. The number of imidazole rings is 1. The lowest BCUT2D eigenvalue weighted by Gasteiger charge is -2.30. The van der Waals surface area contributed by atoms with Crippen LogP contribution >= 0.6 is 35.2 Å². The molecule has 1 aliphatic rings. The lowest BCUT2D eigenvalue weighted by atomic mass is 9.87. The Bertz CT molecular complexity index is 1910. The number of carbonyl (C=O) groups is 3. The van der Waals surface area contributed by atoms with E-state index in [-0.39, 0.29) is 41.6 Å². The van der Waals surface area contributed by atoms with E-state index in [9.17, 15) is 57.9 Å². The molecule has 0 aromatic carbocycles. The average molecular weight is 950 g/mol. The SMILES string of the molecule is CCCCCCC(C)CCCC(=O)SCCNC(=O)CCNC(=O)C(O)C(C)(C)COP(=O)(O)OP(=O)(O)OCC1OC(n2cnc3c(N)ncnc32)C(O)C1OP(=O)(O)O. The van der Waals surface area contributed by atoms with Crippen molar-refractivity contribution in [2.75, 3.05) is 37.8 Å². The van der Waals surface area contributed by atoms with Crippen LogP contribution in [-0.2, 0) is 50.7 Å². The van der Waals surface area contributed by atoms with E-state index in [0.29, 0.717) is 18.1 Å². The molecule has 1 aliphatic heterocycles. The number of fused-ring (bicyclic) bond motifs is 1. The smallest absolute Gasteiger partial charge is 0.386 e. The summed E-state index contributed by atoms with van der Waals surface area (Å²) in [6, 6.07) is 0. The van der Waals surface area contributed by atoms with E-state index < -0.39 is 84.6 Å². The van der Waals surface area contributed by atoms with E-state index in [2.05, 4.69) is 48.3 Å². The van der Waals surface area contributed by atoms with Crippen molar-refractivity contribution >= 4 is 69.1 Å². The number of thioether (sulfide) groups is 1. The van der Waals surface area contributed by atoms with E-state index in [1.807, 2.05) is 0 Å². The summed E-state index contributed by atoms with van der Waals surface area (Å²) >= 11 is 1.15. The molecular weight excluding hydrogens is 891 g/mol. The van der Waals surface area contributed by atoms with Crippen LogP contribution in [0.2, 0.25) is 0 Å². The minimum Gasteiger partial charge on any atom is -0.386 e. The van der Waals surface area contributed by atoms with Gasteiger partial charge in [-0.3, -0.25) is 32.5 Å². The number of carbonyl (C=O) groups excluding carboxylic acids is 3. The third kappa shape index (κ3) is 17.9. The highest BCUT2D eigenvalue weighted by Crippen LogP contribution is 2.61. The normalized spacial score (nSPS) is 21.4. The average Bonchev–Trinajstić information content (AvgIpc) is 3.73. The summed E-state index contributed by atoms with van der Waals surface area (Å²) in [5, 5.41) is 26.6. The van der Waals surface area contributed by atoms with Gasteiger partial charge in [-0.15, -0.1) is 0 Å². The highest BCUT2D eigenvalue weighted by Gasteiger charge is 2.50. The van der Waals surface area contributed by atoms with Crippen molar-refractivity contribution in [3.05, 3.63) is 12.7 Å². The Kier molecular flexibility index (Phi) is 20.8. The van der Waals surface area contributed by atoms with Crippen LogP contribution in [0.15, 0.2) is 12.7 Å². The number of unbranched alkanes of at least 4 members (excludes halogenated alkanes) is 3. The fourth-order valence-electron chi connectivity index (χ4n) is 6.03. The van der Waals surface area contributed by atoms with E-state index in [4.69, 9.17) is 19.5 Å². The van der Waals surface area contributed by atoms with Gasteiger partial charge in [-0.2, -0.15) is 4.31 Å². The van der Waals surface area contributed by atoms with Gasteiger partial charge in [0.25, 0.3) is 0 Å². The number of nitrogens with zero attached hydrogens (tertiary/aromatic N) is 4. The highest BCUT2D eigenvalue weighted by atomic mass is 32.2. The molecule has 1 fully saturated rings. The van der Waals surface area contributed by atoms with Crippen molar-refractivity contribution < 1.29 is 80.5 Å². The predicted molar refractivity (Wildman–Crippen MR) is 219 cm³/mol. The number of aliphatic hydroxyl groups excluding tert-OH is 2. The minimum atomic E-state index is -5.57. The Morgan fingerprint density at radius 3 is 2.36 bits per heavy atom. The Morgan fingerprint density at radius 2 is 1.67 bits per heavy atom. The number of aliphatic hydroxyl groups is 2. The van der Waals surface area contributed by atoms with Crippen LogP contribution in [0.3, 0.4) is 0 Å². The summed E-state index contributed by atoms with van der Waals surface area (Å²) in [5.41, 5.74) is 4.28. The first-order chi connectivity index (χ1) is 28.4. The molecule has 348 valence electrons. The second-order valence-electron chi connectivity index (χ2n) is 15.1. The van der Waals surface area contributed by atoms with Gasteiger partial charge in [-0.05, 0) is 12.3 Å². The van der Waals surface area contributed by atoms with Crippen molar-refractivity contribution in [3.8, 4) is 0 Å². The zero-order chi connectivity index (χ0) is 45.6. The van der Waals surface area contributed by atoms with E-state index in [1.54, 1.807) is 0 Å². The molecule has 0 aliphatic carbocycles. The van der Waals surface area contributed by atoms with Crippen LogP contribution in [0.1, 0.15) is 91.7 Å². The number of phosphoric acid groups is 3. The number of nitrogens with two attached hydrogens (primary N) is 1. The lowest BCUT2D eigenvalue weighted by molar-refractivity contribution is -0.137. The van der Waals surface area contributed by atoms with Crippen LogP contribution in [0.25, 0.3) is 11.2 Å². The summed E-state index contributed by atoms with van der Waals surface area (Å²) < 4.78 is 62.3. The highest BCUT2D eigenvalue weighted by molar-refractivity contribution is 8.13. The largest absolute Gasteiger partial charge is 0.481 e. The number of ether oxygens (including phenoxy) is 1. The lowest BCUT2D eigenvalue weighted by Crippen LogP contribution is -2.46. The van der Waals surface area contributed by atoms with Crippen LogP contribution in [0.5, 0.6) is 0 Å². The van der Waals surface area contributed by atoms with Crippen molar-refractivity contribution in [1.82, 2.24) is 30.2 Å². The van der Waals surface area contributed by atoms with Crippen molar-refractivity contribution in [3.63, 3.8) is 0 Å². The number of anilines is 1. The van der Waals surface area contributed by atoms with Crippen LogP contribution in [-0.4, -0.2) is 123 Å². The molecule has 24 nitrogen and oxygen atoms in total. The maximum atomic E-state index is 12.7. The number of nitrogen functional groups attached to an aromatic ring is 1. The molecule has 10 N–H and O–H groups in total. The summed E-state index contributed by atoms with van der Waals surface area (Å²) in [6.45, 7) is 4.95.